The first-order chi connectivity index (χ1) is 10.6. The Labute approximate surface area is 134 Å². The predicted octanol–water partition coefficient (Wildman–Crippen LogP) is 4.71. The molecule has 1 aliphatic carbocycles. The van der Waals surface area contributed by atoms with Gasteiger partial charge in [0.15, 0.2) is 0 Å². The minimum atomic E-state index is -4.36. The lowest BCUT2D eigenvalue weighted by atomic mass is 9.84. The summed E-state index contributed by atoms with van der Waals surface area (Å²) in [5.41, 5.74) is -0.0805. The summed E-state index contributed by atoms with van der Waals surface area (Å²) in [5, 5.41) is 0. The van der Waals surface area contributed by atoms with Crippen molar-refractivity contribution in [1.29, 1.82) is 0 Å². The summed E-state index contributed by atoms with van der Waals surface area (Å²) in [5.74, 6) is -0.671. The van der Waals surface area contributed by atoms with E-state index in [0.717, 1.165) is 6.07 Å². The number of alkyl halides is 3. The molecule has 23 heavy (non-hydrogen) atoms. The number of esters is 1. The maximum Gasteiger partial charge on any atom is 0.416 e. The van der Waals surface area contributed by atoms with Crippen molar-refractivity contribution in [3.63, 3.8) is 0 Å². The molecule has 2 nitrogen and oxygen atoms in total. The monoisotopic (exact) mass is 326 g/mol. The van der Waals surface area contributed by atoms with Gasteiger partial charge in [0, 0.05) is 11.5 Å². The van der Waals surface area contributed by atoms with Crippen LogP contribution in [0.3, 0.4) is 0 Å². The summed E-state index contributed by atoms with van der Waals surface area (Å²) in [7, 11) is 0. The van der Waals surface area contributed by atoms with E-state index in [2.05, 4.69) is 6.58 Å². The topological polar surface area (TPSA) is 26.3 Å². The second-order valence-electron chi connectivity index (χ2n) is 6.38. The number of fused-ring (bicyclic) bond motifs is 1. The van der Waals surface area contributed by atoms with Gasteiger partial charge in [0.1, 0.15) is 5.60 Å². The molecule has 0 radical (unpaired) electrons. The van der Waals surface area contributed by atoms with E-state index in [0.29, 0.717) is 24.0 Å². The molecule has 0 aromatic heterocycles. The number of ether oxygens (including phenoxy) is 1. The van der Waals surface area contributed by atoms with E-state index < -0.39 is 23.3 Å². The molecule has 1 aromatic rings. The molecule has 0 aliphatic heterocycles. The smallest absolute Gasteiger partial charge is 0.416 e. The van der Waals surface area contributed by atoms with Crippen LogP contribution >= 0.6 is 0 Å². The number of rotatable bonds is 4. The summed E-state index contributed by atoms with van der Waals surface area (Å²) < 4.78 is 45.1. The lowest BCUT2D eigenvalue weighted by molar-refractivity contribution is -0.159. The molecular weight excluding hydrogens is 305 g/mol. The number of hydrogen-bond acceptors (Lipinski definition) is 2. The van der Waals surface area contributed by atoms with Crippen LogP contribution in [0.5, 0.6) is 0 Å². The second-order valence-corrected chi connectivity index (χ2v) is 6.38. The van der Waals surface area contributed by atoms with E-state index in [1.165, 1.54) is 6.07 Å². The highest BCUT2D eigenvalue weighted by molar-refractivity contribution is 5.87. The highest BCUT2D eigenvalue weighted by atomic mass is 19.4. The largest absolute Gasteiger partial charge is 0.456 e. The number of carbonyl (C=O) groups excluding carboxylic acids is 1. The van der Waals surface area contributed by atoms with E-state index in [1.54, 1.807) is 19.9 Å². The minimum Gasteiger partial charge on any atom is -0.456 e. The molecule has 2 unspecified atom stereocenters. The Morgan fingerprint density at radius 2 is 2.00 bits per heavy atom. The van der Waals surface area contributed by atoms with E-state index in [-0.39, 0.29) is 17.9 Å². The fourth-order valence-electron chi connectivity index (χ4n) is 3.09. The molecule has 0 fully saturated rings. The highest BCUT2D eigenvalue weighted by Crippen LogP contribution is 2.43. The van der Waals surface area contributed by atoms with Crippen LogP contribution in [0.2, 0.25) is 0 Å². The third-order valence-electron chi connectivity index (χ3n) is 4.74. The van der Waals surface area contributed by atoms with Crippen LogP contribution in [0, 0.1) is 5.92 Å². The predicted molar refractivity (Wildman–Crippen MR) is 81.9 cm³/mol. The molecule has 5 heteroatoms. The van der Waals surface area contributed by atoms with Gasteiger partial charge in [0.25, 0.3) is 0 Å². The van der Waals surface area contributed by atoms with Gasteiger partial charge in [-0.3, -0.25) is 0 Å². The van der Waals surface area contributed by atoms with Crippen LogP contribution in [0.25, 0.3) is 0 Å². The first-order valence-corrected chi connectivity index (χ1v) is 7.65. The Bertz CT molecular complexity index is 634. The number of benzene rings is 1. The summed E-state index contributed by atoms with van der Waals surface area (Å²) in [6.07, 6.45) is -3.09. The zero-order valence-electron chi connectivity index (χ0n) is 13.6. The van der Waals surface area contributed by atoms with Crippen LogP contribution in [0.4, 0.5) is 13.2 Å². The molecule has 2 rings (SSSR count). The second kappa shape index (κ2) is 6.02. The number of hydrogen-bond donors (Lipinski definition) is 0. The molecule has 0 saturated carbocycles. The van der Waals surface area contributed by atoms with Crippen molar-refractivity contribution >= 4 is 5.97 Å². The lowest BCUT2D eigenvalue weighted by Crippen LogP contribution is -2.40. The zero-order valence-corrected chi connectivity index (χ0v) is 13.6. The molecule has 1 aromatic carbocycles. The molecule has 0 heterocycles. The Morgan fingerprint density at radius 3 is 2.52 bits per heavy atom. The first kappa shape index (κ1) is 17.6. The van der Waals surface area contributed by atoms with E-state index in [9.17, 15) is 18.0 Å². The van der Waals surface area contributed by atoms with Gasteiger partial charge in [0.05, 0.1) is 5.56 Å². The van der Waals surface area contributed by atoms with Crippen LogP contribution < -0.4 is 0 Å². The van der Waals surface area contributed by atoms with Gasteiger partial charge in [-0.1, -0.05) is 25.6 Å². The number of carbonyl (C=O) groups is 1. The van der Waals surface area contributed by atoms with Crippen LogP contribution in [-0.4, -0.2) is 11.6 Å². The van der Waals surface area contributed by atoms with Crippen molar-refractivity contribution in [3.05, 3.63) is 47.0 Å². The molecule has 0 spiro atoms. The molecular formula is C18H21F3O2. The van der Waals surface area contributed by atoms with Gasteiger partial charge >= 0.3 is 12.1 Å². The van der Waals surface area contributed by atoms with Crippen molar-refractivity contribution in [2.24, 2.45) is 5.92 Å². The van der Waals surface area contributed by atoms with E-state index in [4.69, 9.17) is 4.74 Å². The third-order valence-corrected chi connectivity index (χ3v) is 4.74. The van der Waals surface area contributed by atoms with Crippen molar-refractivity contribution < 1.29 is 22.7 Å². The van der Waals surface area contributed by atoms with Crippen molar-refractivity contribution in [1.82, 2.24) is 0 Å². The summed E-state index contributed by atoms with van der Waals surface area (Å²) >= 11 is 0. The summed E-state index contributed by atoms with van der Waals surface area (Å²) in [4.78, 5) is 11.9. The maximum atomic E-state index is 13.2. The summed E-state index contributed by atoms with van der Waals surface area (Å²) in [6, 6.07) is 4.28. The van der Waals surface area contributed by atoms with E-state index >= 15 is 0 Å². The average Bonchev–Trinajstić information content (AvgIpc) is 2.90. The Morgan fingerprint density at radius 1 is 1.35 bits per heavy atom. The van der Waals surface area contributed by atoms with Gasteiger partial charge < -0.3 is 4.74 Å². The van der Waals surface area contributed by atoms with Crippen LogP contribution in [0.15, 0.2) is 30.4 Å². The SMILES string of the molecule is C=C(C)C(=O)OC(C)(CC)C1Cc2cccc(C(F)(F)F)c2C1. The first-order valence-electron chi connectivity index (χ1n) is 7.65. The van der Waals surface area contributed by atoms with Crippen molar-refractivity contribution in [3.8, 4) is 0 Å². The third kappa shape index (κ3) is 3.43. The summed E-state index contributed by atoms with van der Waals surface area (Å²) in [6.45, 7) is 8.79. The average molecular weight is 326 g/mol. The molecule has 0 saturated heterocycles. The normalized spacial score (nSPS) is 19.8. The fraction of sp³-hybridized carbons (Fsp3) is 0.500. The fourth-order valence-corrected chi connectivity index (χ4v) is 3.09. The van der Waals surface area contributed by atoms with Crippen molar-refractivity contribution in [2.75, 3.05) is 0 Å². The molecule has 126 valence electrons. The lowest BCUT2D eigenvalue weighted by Gasteiger charge is -2.34. The Hall–Kier alpha value is -1.78. The van der Waals surface area contributed by atoms with Gasteiger partial charge in [-0.25, -0.2) is 4.79 Å². The van der Waals surface area contributed by atoms with Gasteiger partial charge in [-0.2, -0.15) is 13.2 Å². The van der Waals surface area contributed by atoms with Crippen LogP contribution in [0.1, 0.15) is 43.9 Å². The van der Waals surface area contributed by atoms with E-state index in [1.807, 2.05) is 6.92 Å². The molecule has 0 N–H and O–H groups in total. The van der Waals surface area contributed by atoms with Crippen LogP contribution in [-0.2, 0) is 28.5 Å². The molecule has 0 bridgehead atoms. The molecule has 1 aliphatic rings. The highest BCUT2D eigenvalue weighted by Gasteiger charge is 2.43. The number of halogens is 3. The quantitative estimate of drug-likeness (QED) is 0.592. The standard InChI is InChI=1S/C18H21F3O2/c1-5-17(4,23-16(22)11(2)3)13-9-12-7-6-8-15(14(12)10-13)18(19,20)21/h6-8,13H,2,5,9-10H2,1,3-4H3. The van der Waals surface area contributed by atoms with Gasteiger partial charge in [-0.05, 0) is 50.3 Å². The Balaban J connectivity index is 2.30. The minimum absolute atomic E-state index is 0.172. The maximum absolute atomic E-state index is 13.2. The zero-order chi connectivity index (χ0) is 17.4. The molecule has 2 atom stereocenters. The van der Waals surface area contributed by atoms with Crippen molar-refractivity contribution in [2.45, 2.75) is 51.8 Å². The van der Waals surface area contributed by atoms with Gasteiger partial charge in [-0.15, -0.1) is 0 Å². The van der Waals surface area contributed by atoms with Gasteiger partial charge in [0.2, 0.25) is 0 Å². The Kier molecular flexibility index (Phi) is 4.60. The molecule has 0 amide bonds.